The molecule has 0 saturated heterocycles. The quantitative estimate of drug-likeness (QED) is 0.525. The third-order valence-electron chi connectivity index (χ3n) is 0.846. The molecule has 6 heteroatoms. The monoisotopic (exact) mass is 220 g/mol. The molecule has 0 unspecified atom stereocenters. The van der Waals surface area contributed by atoms with E-state index in [4.69, 9.17) is 0 Å². The third kappa shape index (κ3) is 5.48. The fourth-order valence-corrected chi connectivity index (χ4v) is 1.26. The van der Waals surface area contributed by atoms with Crippen LogP contribution in [0.3, 0.4) is 0 Å². The van der Waals surface area contributed by atoms with Gasteiger partial charge in [0.05, 0.1) is 6.61 Å². The molecule has 0 radical (unpaired) electrons. The van der Waals surface area contributed by atoms with E-state index < -0.39 is 21.1 Å². The Labute approximate surface area is 82.3 Å². The summed E-state index contributed by atoms with van der Waals surface area (Å²) in [5, 5.41) is 0. The van der Waals surface area contributed by atoms with Crippen LogP contribution >= 0.6 is 7.82 Å². The molecule has 0 heterocycles. The summed E-state index contributed by atoms with van der Waals surface area (Å²) in [7, 11) is -3.86. The summed E-state index contributed by atoms with van der Waals surface area (Å²) in [5.74, 6) is 4.66. The third-order valence-corrected chi connectivity index (χ3v) is 1.97. The molecule has 4 nitrogen and oxygen atoms in total. The lowest BCUT2D eigenvalue weighted by Gasteiger charge is -2.09. The zero-order valence-corrected chi connectivity index (χ0v) is 8.77. The van der Waals surface area contributed by atoms with Gasteiger partial charge in [-0.15, -0.1) is 0 Å². The lowest BCUT2D eigenvalue weighted by atomic mass is 10.8. The molecule has 0 spiro atoms. The van der Waals surface area contributed by atoms with Crippen LogP contribution in [0.1, 0.15) is 13.8 Å². The maximum Gasteiger partial charge on any atom is 0.604 e. The van der Waals surface area contributed by atoms with Gasteiger partial charge in [-0.25, -0.2) is 8.96 Å². The minimum atomic E-state index is -3.86. The second-order valence-corrected chi connectivity index (χ2v) is 3.37. The van der Waals surface area contributed by atoms with Crippen molar-refractivity contribution in [2.24, 2.45) is 0 Å². The predicted molar refractivity (Wildman–Crippen MR) is 48.6 cm³/mol. The highest BCUT2D eigenvalue weighted by Gasteiger charge is 2.28. The molecule has 0 aromatic rings. The van der Waals surface area contributed by atoms with Crippen LogP contribution in [-0.4, -0.2) is 13.3 Å². The second-order valence-electron chi connectivity index (χ2n) is 1.86. The van der Waals surface area contributed by atoms with Gasteiger partial charge in [0, 0.05) is 13.8 Å². The van der Waals surface area contributed by atoms with Gasteiger partial charge >= 0.3 is 7.82 Å². The van der Waals surface area contributed by atoms with E-state index in [1.165, 1.54) is 13.8 Å². The summed E-state index contributed by atoms with van der Waals surface area (Å²) < 4.78 is 36.6. The van der Waals surface area contributed by atoms with Crippen LogP contribution in [0.25, 0.3) is 0 Å². The molecule has 0 fully saturated rings. The molecular formula is C8H10FO4P. The van der Waals surface area contributed by atoms with Crippen LogP contribution in [-0.2, 0) is 18.1 Å². The minimum Gasteiger partial charge on any atom is -0.341 e. The normalized spacial score (nSPS) is 9.07. The molecule has 0 atom stereocenters. The van der Waals surface area contributed by atoms with E-state index in [0.717, 1.165) is 0 Å². The van der Waals surface area contributed by atoms with E-state index in [0.29, 0.717) is 0 Å². The molecule has 0 amide bonds. The lowest BCUT2D eigenvalue weighted by Crippen LogP contribution is -1.97. The Balaban J connectivity index is 4.35. The molecule has 0 aliphatic rings. The van der Waals surface area contributed by atoms with Crippen LogP contribution < -0.4 is 0 Å². The Morgan fingerprint density at radius 3 is 2.07 bits per heavy atom. The van der Waals surface area contributed by atoms with Gasteiger partial charge in [-0.2, -0.15) is 0 Å². The van der Waals surface area contributed by atoms with Crippen molar-refractivity contribution in [1.29, 1.82) is 0 Å². The molecule has 0 aromatic carbocycles. The summed E-state index contributed by atoms with van der Waals surface area (Å²) in [4.78, 5) is 0. The molecule has 0 aliphatic carbocycles. The van der Waals surface area contributed by atoms with Crippen molar-refractivity contribution >= 4 is 7.82 Å². The maximum absolute atomic E-state index is 11.7. The summed E-state index contributed by atoms with van der Waals surface area (Å²) in [6, 6.07) is 0. The van der Waals surface area contributed by atoms with Crippen molar-refractivity contribution in [1.82, 2.24) is 0 Å². The van der Waals surface area contributed by atoms with Gasteiger partial charge in [0.1, 0.15) is 18.9 Å². The largest absolute Gasteiger partial charge is 0.604 e. The molecule has 14 heavy (non-hydrogen) atoms. The molecule has 0 bridgehead atoms. The van der Waals surface area contributed by atoms with Crippen LogP contribution in [0.2, 0.25) is 0 Å². The second kappa shape index (κ2) is 7.26. The van der Waals surface area contributed by atoms with Crippen molar-refractivity contribution < 1.29 is 22.5 Å². The summed E-state index contributed by atoms with van der Waals surface area (Å²) >= 11 is 0. The van der Waals surface area contributed by atoms with Crippen molar-refractivity contribution in [3.8, 4) is 24.1 Å². The SMILES string of the molecule is CC#COP(=O)(OC#CC)OCCF. The van der Waals surface area contributed by atoms with Crippen molar-refractivity contribution in [3.63, 3.8) is 0 Å². The summed E-state index contributed by atoms with van der Waals surface area (Å²) in [6.07, 6.45) is 4.11. The fourth-order valence-electron chi connectivity index (χ4n) is 0.421. The van der Waals surface area contributed by atoms with Crippen LogP contribution in [0.15, 0.2) is 0 Å². The smallest absolute Gasteiger partial charge is 0.341 e. The number of phosphoric ester groups is 1. The first-order chi connectivity index (χ1) is 6.68. The number of rotatable bonds is 5. The molecule has 0 aliphatic heterocycles. The van der Waals surface area contributed by atoms with Gasteiger partial charge in [0.25, 0.3) is 0 Å². The van der Waals surface area contributed by atoms with Crippen LogP contribution in [0, 0.1) is 24.1 Å². The van der Waals surface area contributed by atoms with E-state index in [-0.39, 0.29) is 0 Å². The number of hydrogen-bond acceptors (Lipinski definition) is 4. The average Bonchev–Trinajstić information content (AvgIpc) is 2.21. The fraction of sp³-hybridized carbons (Fsp3) is 0.500. The Kier molecular flexibility index (Phi) is 6.66. The van der Waals surface area contributed by atoms with Crippen molar-refractivity contribution in [2.75, 3.05) is 13.3 Å². The minimum absolute atomic E-state index is 0.395. The topological polar surface area (TPSA) is 44.8 Å². The average molecular weight is 220 g/mol. The highest BCUT2D eigenvalue weighted by Crippen LogP contribution is 2.48. The number of hydrogen-bond donors (Lipinski definition) is 0. The number of alkyl halides is 1. The first kappa shape index (κ1) is 12.8. The summed E-state index contributed by atoms with van der Waals surface area (Å²) in [6.45, 7) is 1.76. The van der Waals surface area contributed by atoms with Gasteiger partial charge in [0.2, 0.25) is 0 Å². The van der Waals surface area contributed by atoms with Crippen molar-refractivity contribution in [2.45, 2.75) is 13.8 Å². The Bertz CT molecular complexity index is 294. The Morgan fingerprint density at radius 1 is 1.21 bits per heavy atom. The van der Waals surface area contributed by atoms with E-state index in [2.05, 4.69) is 37.6 Å². The molecule has 0 N–H and O–H groups in total. The van der Waals surface area contributed by atoms with Crippen LogP contribution in [0.5, 0.6) is 0 Å². The molecular weight excluding hydrogens is 210 g/mol. The van der Waals surface area contributed by atoms with Gasteiger partial charge in [-0.1, -0.05) is 11.8 Å². The van der Waals surface area contributed by atoms with E-state index in [1.807, 2.05) is 0 Å². The first-order valence-corrected chi connectivity index (χ1v) is 5.16. The Morgan fingerprint density at radius 2 is 1.71 bits per heavy atom. The molecule has 0 saturated carbocycles. The highest BCUT2D eigenvalue weighted by molar-refractivity contribution is 7.48. The predicted octanol–water partition coefficient (Wildman–Crippen LogP) is 2.08. The lowest BCUT2D eigenvalue weighted by molar-refractivity contribution is 0.178. The number of phosphoric acid groups is 1. The first-order valence-electron chi connectivity index (χ1n) is 3.69. The van der Waals surface area contributed by atoms with Crippen molar-refractivity contribution in [3.05, 3.63) is 0 Å². The maximum atomic E-state index is 11.7. The van der Waals surface area contributed by atoms with E-state index >= 15 is 0 Å². The molecule has 78 valence electrons. The van der Waals surface area contributed by atoms with E-state index in [9.17, 15) is 8.96 Å². The van der Waals surface area contributed by atoms with Gasteiger partial charge < -0.3 is 9.05 Å². The number of halogens is 1. The Hall–Kier alpha value is -1.16. The van der Waals surface area contributed by atoms with Gasteiger partial charge in [-0.05, 0) is 0 Å². The zero-order valence-electron chi connectivity index (χ0n) is 7.87. The van der Waals surface area contributed by atoms with Gasteiger partial charge in [0.15, 0.2) is 0 Å². The standard InChI is InChI=1S/C8H10FO4P/c1-3-6-11-14(10,12-7-4-2)13-8-5-9/h5,8H2,1-2H3. The zero-order chi connectivity index (χ0) is 10.9. The van der Waals surface area contributed by atoms with Crippen LogP contribution in [0.4, 0.5) is 4.39 Å². The van der Waals surface area contributed by atoms with Gasteiger partial charge in [-0.3, -0.25) is 4.52 Å². The molecule has 0 rings (SSSR count). The summed E-state index contributed by atoms with van der Waals surface area (Å²) in [5.41, 5.74) is 0. The highest BCUT2D eigenvalue weighted by atomic mass is 31.2. The van der Waals surface area contributed by atoms with E-state index in [1.54, 1.807) is 0 Å². The molecule has 0 aromatic heterocycles.